The van der Waals surface area contributed by atoms with Crippen LogP contribution in [0.2, 0.25) is 0 Å². The number of aliphatic hydroxyl groups is 1. The second-order valence-electron chi connectivity index (χ2n) is 5.69. The summed E-state index contributed by atoms with van der Waals surface area (Å²) in [4.78, 5) is 16.6. The highest BCUT2D eigenvalue weighted by Gasteiger charge is 2.36. The monoisotopic (exact) mass is 283 g/mol. The Balaban J connectivity index is 2.21. The zero-order chi connectivity index (χ0) is 14.2. The second-order valence-corrected chi connectivity index (χ2v) is 7.16. The Hall–Kier alpha value is -0.910. The van der Waals surface area contributed by atoms with E-state index in [0.717, 1.165) is 15.3 Å². The Kier molecular flexibility index (Phi) is 3.99. The van der Waals surface area contributed by atoms with Gasteiger partial charge in [0.15, 0.2) is 0 Å². The molecule has 5 heteroatoms. The first-order valence-corrected chi connectivity index (χ1v) is 7.29. The maximum Gasteiger partial charge on any atom is 0.255 e. The van der Waals surface area contributed by atoms with E-state index in [4.69, 9.17) is 4.74 Å². The van der Waals surface area contributed by atoms with E-state index in [0.29, 0.717) is 13.1 Å². The zero-order valence-electron chi connectivity index (χ0n) is 11.9. The average molecular weight is 283 g/mol. The summed E-state index contributed by atoms with van der Waals surface area (Å²) in [6.45, 7) is 8.81. The third-order valence-corrected chi connectivity index (χ3v) is 4.21. The van der Waals surface area contributed by atoms with Gasteiger partial charge in [0.05, 0.1) is 23.9 Å². The fraction of sp³-hybridized carbons (Fsp3) is 0.643. The number of thiophene rings is 1. The minimum Gasteiger partial charge on any atom is -0.394 e. The largest absolute Gasteiger partial charge is 0.394 e. The highest BCUT2D eigenvalue weighted by molar-refractivity contribution is 7.12. The van der Waals surface area contributed by atoms with Crippen LogP contribution < -0.4 is 0 Å². The summed E-state index contributed by atoms with van der Waals surface area (Å²) < 4.78 is 5.73. The first-order valence-electron chi connectivity index (χ1n) is 6.47. The van der Waals surface area contributed by atoms with Gasteiger partial charge in [0, 0.05) is 22.8 Å². The molecule has 0 aliphatic carbocycles. The Morgan fingerprint density at radius 2 is 2.26 bits per heavy atom. The number of amides is 1. The van der Waals surface area contributed by atoms with Crippen LogP contribution in [-0.4, -0.2) is 47.3 Å². The lowest BCUT2D eigenvalue weighted by molar-refractivity contribution is -0.139. The fourth-order valence-corrected chi connectivity index (χ4v) is 3.47. The quantitative estimate of drug-likeness (QED) is 0.903. The number of aliphatic hydroxyl groups excluding tert-OH is 1. The van der Waals surface area contributed by atoms with Crippen LogP contribution in [0.15, 0.2) is 6.07 Å². The van der Waals surface area contributed by atoms with Crippen LogP contribution in [0.4, 0.5) is 0 Å². The molecule has 1 saturated heterocycles. The molecule has 0 radical (unpaired) electrons. The van der Waals surface area contributed by atoms with E-state index in [1.807, 2.05) is 33.8 Å². The summed E-state index contributed by atoms with van der Waals surface area (Å²) in [6.07, 6.45) is -0.298. The van der Waals surface area contributed by atoms with E-state index in [9.17, 15) is 9.90 Å². The number of rotatable bonds is 2. The van der Waals surface area contributed by atoms with Crippen molar-refractivity contribution in [2.24, 2.45) is 0 Å². The van der Waals surface area contributed by atoms with Crippen molar-refractivity contribution in [2.75, 3.05) is 19.7 Å². The zero-order valence-corrected chi connectivity index (χ0v) is 12.7. The van der Waals surface area contributed by atoms with Gasteiger partial charge in [0.1, 0.15) is 0 Å². The standard InChI is InChI=1S/C14H21NO3S/c1-9-5-12(10(2)19-9)13(17)15-6-11(7-16)18-14(3,4)8-15/h5,11,16H,6-8H2,1-4H3. The molecule has 2 heterocycles. The molecule has 1 amide bonds. The number of morpholine rings is 1. The molecule has 0 spiro atoms. The molecule has 106 valence electrons. The Morgan fingerprint density at radius 1 is 1.58 bits per heavy atom. The van der Waals surface area contributed by atoms with Gasteiger partial charge in [-0.3, -0.25) is 4.79 Å². The van der Waals surface area contributed by atoms with E-state index in [2.05, 4.69) is 0 Å². The van der Waals surface area contributed by atoms with Gasteiger partial charge in [0.25, 0.3) is 5.91 Å². The van der Waals surface area contributed by atoms with Crippen molar-refractivity contribution in [3.05, 3.63) is 21.4 Å². The van der Waals surface area contributed by atoms with Crippen LogP contribution in [0.3, 0.4) is 0 Å². The van der Waals surface area contributed by atoms with Crippen LogP contribution >= 0.6 is 11.3 Å². The summed E-state index contributed by atoms with van der Waals surface area (Å²) in [5.41, 5.74) is 0.359. The van der Waals surface area contributed by atoms with E-state index < -0.39 is 5.60 Å². The van der Waals surface area contributed by atoms with Gasteiger partial charge < -0.3 is 14.7 Å². The molecular weight excluding hydrogens is 262 g/mol. The summed E-state index contributed by atoms with van der Waals surface area (Å²) >= 11 is 1.64. The van der Waals surface area contributed by atoms with Crippen molar-refractivity contribution in [1.29, 1.82) is 0 Å². The van der Waals surface area contributed by atoms with E-state index in [1.165, 1.54) is 0 Å². The number of carbonyl (C=O) groups is 1. The summed E-state index contributed by atoms with van der Waals surface area (Å²) in [5, 5.41) is 9.29. The number of hydrogen-bond acceptors (Lipinski definition) is 4. The Morgan fingerprint density at radius 3 is 2.79 bits per heavy atom. The van der Waals surface area contributed by atoms with Crippen LogP contribution in [-0.2, 0) is 4.74 Å². The maximum absolute atomic E-state index is 12.6. The molecule has 1 N–H and O–H groups in total. The normalized spacial score (nSPS) is 22.6. The van der Waals surface area contributed by atoms with Gasteiger partial charge >= 0.3 is 0 Å². The molecular formula is C14H21NO3S. The number of nitrogens with zero attached hydrogens (tertiary/aromatic N) is 1. The van der Waals surface area contributed by atoms with Gasteiger partial charge in [-0.15, -0.1) is 11.3 Å². The predicted octanol–water partition coefficient (Wildman–Crippen LogP) is 1.98. The average Bonchev–Trinajstić information content (AvgIpc) is 2.65. The maximum atomic E-state index is 12.6. The molecule has 1 unspecified atom stereocenters. The minimum absolute atomic E-state index is 0.0386. The van der Waals surface area contributed by atoms with Gasteiger partial charge in [-0.2, -0.15) is 0 Å². The molecule has 19 heavy (non-hydrogen) atoms. The molecule has 1 atom stereocenters. The van der Waals surface area contributed by atoms with Crippen LogP contribution in [0.1, 0.15) is 34.0 Å². The van der Waals surface area contributed by atoms with E-state index in [-0.39, 0.29) is 18.6 Å². The third-order valence-electron chi connectivity index (χ3n) is 3.24. The van der Waals surface area contributed by atoms with Crippen molar-refractivity contribution in [3.8, 4) is 0 Å². The van der Waals surface area contributed by atoms with Crippen molar-refractivity contribution in [3.63, 3.8) is 0 Å². The van der Waals surface area contributed by atoms with Gasteiger partial charge in [0.2, 0.25) is 0 Å². The third kappa shape index (κ3) is 3.16. The van der Waals surface area contributed by atoms with Crippen molar-refractivity contribution in [1.82, 2.24) is 4.90 Å². The smallest absolute Gasteiger partial charge is 0.255 e. The van der Waals surface area contributed by atoms with Crippen molar-refractivity contribution in [2.45, 2.75) is 39.4 Å². The molecule has 1 aliphatic rings. The molecule has 2 rings (SSSR count). The summed E-state index contributed by atoms with van der Waals surface area (Å²) in [6, 6.07) is 1.94. The number of ether oxygens (including phenoxy) is 1. The minimum atomic E-state index is -0.416. The lowest BCUT2D eigenvalue weighted by atomic mass is 10.0. The van der Waals surface area contributed by atoms with E-state index in [1.54, 1.807) is 16.2 Å². The lowest BCUT2D eigenvalue weighted by Gasteiger charge is -2.42. The molecule has 0 saturated carbocycles. The van der Waals surface area contributed by atoms with Gasteiger partial charge in [-0.25, -0.2) is 0 Å². The summed E-state index contributed by atoms with van der Waals surface area (Å²) in [7, 11) is 0. The van der Waals surface area contributed by atoms with E-state index >= 15 is 0 Å². The van der Waals surface area contributed by atoms with Crippen LogP contribution in [0.5, 0.6) is 0 Å². The first-order chi connectivity index (χ1) is 8.82. The molecule has 1 fully saturated rings. The van der Waals surface area contributed by atoms with Crippen LogP contribution in [0, 0.1) is 13.8 Å². The number of carbonyl (C=O) groups excluding carboxylic acids is 1. The Labute approximate surface area is 118 Å². The van der Waals surface area contributed by atoms with Crippen molar-refractivity contribution >= 4 is 17.2 Å². The lowest BCUT2D eigenvalue weighted by Crippen LogP contribution is -2.55. The molecule has 1 aliphatic heterocycles. The highest BCUT2D eigenvalue weighted by atomic mass is 32.1. The fourth-order valence-electron chi connectivity index (χ4n) is 2.56. The topological polar surface area (TPSA) is 49.8 Å². The van der Waals surface area contributed by atoms with Gasteiger partial charge in [-0.1, -0.05) is 0 Å². The SMILES string of the molecule is Cc1cc(C(=O)N2CC(CO)OC(C)(C)C2)c(C)s1. The molecule has 0 bridgehead atoms. The molecule has 1 aromatic rings. The Bertz CT molecular complexity index is 481. The number of aryl methyl sites for hydroxylation is 2. The highest BCUT2D eigenvalue weighted by Crippen LogP contribution is 2.26. The predicted molar refractivity (Wildman–Crippen MR) is 75.7 cm³/mol. The molecule has 0 aromatic carbocycles. The molecule has 4 nitrogen and oxygen atoms in total. The second kappa shape index (κ2) is 5.23. The van der Waals surface area contributed by atoms with Crippen molar-refractivity contribution < 1.29 is 14.6 Å². The van der Waals surface area contributed by atoms with Crippen LogP contribution in [0.25, 0.3) is 0 Å². The van der Waals surface area contributed by atoms with Gasteiger partial charge in [-0.05, 0) is 33.8 Å². The number of hydrogen-bond donors (Lipinski definition) is 1. The first kappa shape index (κ1) is 14.5. The molecule has 1 aromatic heterocycles. The summed E-state index contributed by atoms with van der Waals surface area (Å²) in [5.74, 6) is 0.0386.